The molecule has 0 aliphatic heterocycles. The molecule has 0 radical (unpaired) electrons. The van der Waals surface area contributed by atoms with E-state index in [0.29, 0.717) is 17.7 Å². The molecule has 1 fully saturated rings. The number of rotatable bonds is 4. The van der Waals surface area contributed by atoms with E-state index in [0.717, 1.165) is 79.5 Å². The van der Waals surface area contributed by atoms with E-state index >= 15 is 0 Å². The molecule has 0 saturated heterocycles. The van der Waals surface area contributed by atoms with Gasteiger partial charge in [-0.2, -0.15) is 8.42 Å². The number of anilines is 1. The second-order valence-electron chi connectivity index (χ2n) is 8.52. The summed E-state index contributed by atoms with van der Waals surface area (Å²) in [6.07, 6.45) is 10.4. The summed E-state index contributed by atoms with van der Waals surface area (Å²) in [5.74, 6) is 0. The van der Waals surface area contributed by atoms with E-state index in [-0.39, 0.29) is 4.34 Å². The second kappa shape index (κ2) is 7.32. The first-order valence-corrected chi connectivity index (χ1v) is 12.8. The fraction of sp³-hybridized carbons (Fsp3) is 0.524. The molecule has 2 amide bonds. The van der Waals surface area contributed by atoms with Gasteiger partial charge < -0.3 is 10.4 Å². The molecule has 3 N–H and O–H groups in total. The first-order valence-electron chi connectivity index (χ1n) is 10.5. The van der Waals surface area contributed by atoms with Crippen LogP contribution in [0.25, 0.3) is 0 Å². The van der Waals surface area contributed by atoms with Gasteiger partial charge in [0.25, 0.3) is 10.0 Å². The summed E-state index contributed by atoms with van der Waals surface area (Å²) >= 11 is 0.933. The molecule has 0 bridgehead atoms. The fourth-order valence-corrected chi connectivity index (χ4v) is 7.28. The number of aromatic nitrogens is 1. The molecule has 1 saturated carbocycles. The van der Waals surface area contributed by atoms with E-state index in [1.54, 1.807) is 0 Å². The van der Waals surface area contributed by atoms with Crippen LogP contribution < -0.4 is 10.0 Å². The van der Waals surface area contributed by atoms with Gasteiger partial charge in [-0.1, -0.05) is 18.9 Å². The number of nitrogens with zero attached hydrogens (tertiary/aromatic N) is 1. The van der Waals surface area contributed by atoms with Crippen LogP contribution in [0.1, 0.15) is 65.7 Å². The Bertz CT molecular complexity index is 1090. The number of carbonyl (C=O) groups is 1. The van der Waals surface area contributed by atoms with Crippen molar-refractivity contribution in [2.75, 3.05) is 5.32 Å². The number of benzene rings is 1. The number of amides is 2. The van der Waals surface area contributed by atoms with Crippen LogP contribution in [0.15, 0.2) is 16.6 Å². The number of aryl methyl sites for hydroxylation is 2. The largest absolute Gasteiger partial charge is 0.384 e. The lowest BCUT2D eigenvalue weighted by molar-refractivity contribution is 0.0481. The van der Waals surface area contributed by atoms with Crippen LogP contribution in [0.3, 0.4) is 0 Å². The maximum absolute atomic E-state index is 12.7. The molecule has 9 heteroatoms. The van der Waals surface area contributed by atoms with Crippen LogP contribution in [-0.2, 0) is 41.3 Å². The van der Waals surface area contributed by atoms with Crippen molar-refractivity contribution in [1.29, 1.82) is 0 Å². The number of thiazole rings is 1. The third-order valence-corrected chi connectivity index (χ3v) is 9.46. The minimum absolute atomic E-state index is 0.198. The molecular weight excluding hydrogens is 422 g/mol. The van der Waals surface area contributed by atoms with Crippen LogP contribution >= 0.6 is 11.3 Å². The predicted molar refractivity (Wildman–Crippen MR) is 114 cm³/mol. The maximum Gasteiger partial charge on any atom is 0.333 e. The lowest BCUT2D eigenvalue weighted by atomic mass is 9.99. The smallest absolute Gasteiger partial charge is 0.333 e. The van der Waals surface area contributed by atoms with Gasteiger partial charge in [-0.15, -0.1) is 11.3 Å². The minimum atomic E-state index is -4.11. The summed E-state index contributed by atoms with van der Waals surface area (Å²) in [6, 6.07) is 1.50. The Morgan fingerprint density at radius 3 is 2.30 bits per heavy atom. The monoisotopic (exact) mass is 447 g/mol. The number of sulfonamides is 1. The third kappa shape index (κ3) is 3.42. The molecule has 0 unspecified atom stereocenters. The molecule has 0 spiro atoms. The normalized spacial score (nSPS) is 19.5. The van der Waals surface area contributed by atoms with Crippen molar-refractivity contribution in [2.24, 2.45) is 0 Å². The van der Waals surface area contributed by atoms with Gasteiger partial charge in [0, 0.05) is 11.9 Å². The lowest BCUT2D eigenvalue weighted by Crippen LogP contribution is -2.35. The molecular formula is C21H25N3O4S2. The number of nitrogens with one attached hydrogen (secondary N) is 2. The summed E-state index contributed by atoms with van der Waals surface area (Å²) in [5.41, 5.74) is 4.61. The fourth-order valence-electron chi connectivity index (χ4n) is 5.08. The third-order valence-electron chi connectivity index (χ3n) is 6.54. The standard InChI is InChI=1S/C21H25N3O4S2/c25-19(23-18-15-7-3-5-13(15)11-14-6-4-8-16(14)18)24-30(27,28)20-22-12-17(29-20)21(26)9-1-2-10-21/h11-12,26H,1-10H2,(H2,23,24,25). The quantitative estimate of drug-likeness (QED) is 0.666. The number of fused-ring (bicyclic) bond motifs is 2. The SMILES string of the molecule is O=C(Nc1c2c(cc3c1CCC3)CCC2)NS(=O)(=O)c1ncc(C2(O)CCCC2)s1. The minimum Gasteiger partial charge on any atom is -0.384 e. The summed E-state index contributed by atoms with van der Waals surface area (Å²) < 4.78 is 27.4. The van der Waals surface area contributed by atoms with Crippen molar-refractivity contribution in [1.82, 2.24) is 9.71 Å². The zero-order valence-corrected chi connectivity index (χ0v) is 18.3. The highest BCUT2D eigenvalue weighted by Gasteiger charge is 2.36. The molecule has 7 nitrogen and oxygen atoms in total. The van der Waals surface area contributed by atoms with Crippen LogP contribution in [0.4, 0.5) is 10.5 Å². The predicted octanol–water partition coefficient (Wildman–Crippen LogP) is 3.39. The Balaban J connectivity index is 1.36. The molecule has 30 heavy (non-hydrogen) atoms. The molecule has 3 aliphatic rings. The summed E-state index contributed by atoms with van der Waals surface area (Å²) in [5, 5.41) is 13.5. The molecule has 1 heterocycles. The van der Waals surface area contributed by atoms with Crippen molar-refractivity contribution in [3.63, 3.8) is 0 Å². The Kier molecular flexibility index (Phi) is 4.87. The highest BCUT2D eigenvalue weighted by atomic mass is 32.2. The van der Waals surface area contributed by atoms with Gasteiger partial charge in [-0.05, 0) is 73.6 Å². The van der Waals surface area contributed by atoms with Crippen molar-refractivity contribution in [3.8, 4) is 0 Å². The van der Waals surface area contributed by atoms with Crippen molar-refractivity contribution in [3.05, 3.63) is 39.4 Å². The Labute approximate surface area is 180 Å². The van der Waals surface area contributed by atoms with Gasteiger partial charge in [-0.3, -0.25) is 0 Å². The second-order valence-corrected chi connectivity index (χ2v) is 11.4. The first-order chi connectivity index (χ1) is 14.4. The van der Waals surface area contributed by atoms with Gasteiger partial charge in [0.05, 0.1) is 4.88 Å². The number of urea groups is 1. The van der Waals surface area contributed by atoms with Crippen LogP contribution in [0, 0.1) is 0 Å². The van der Waals surface area contributed by atoms with Crippen LogP contribution in [0.2, 0.25) is 0 Å². The average molecular weight is 448 g/mol. The summed E-state index contributed by atoms with van der Waals surface area (Å²) in [6.45, 7) is 0. The van der Waals surface area contributed by atoms with E-state index in [4.69, 9.17) is 0 Å². The van der Waals surface area contributed by atoms with Gasteiger partial charge in [-0.25, -0.2) is 14.5 Å². The van der Waals surface area contributed by atoms with E-state index in [2.05, 4.69) is 21.1 Å². The summed E-state index contributed by atoms with van der Waals surface area (Å²) in [4.78, 5) is 17.2. The van der Waals surface area contributed by atoms with E-state index in [9.17, 15) is 18.3 Å². The number of hydrogen-bond acceptors (Lipinski definition) is 6. The van der Waals surface area contributed by atoms with E-state index in [1.807, 2.05) is 0 Å². The molecule has 2 aromatic rings. The van der Waals surface area contributed by atoms with Crippen LogP contribution in [-0.4, -0.2) is 24.5 Å². The van der Waals surface area contributed by atoms with Crippen LogP contribution in [0.5, 0.6) is 0 Å². The molecule has 1 aromatic carbocycles. The number of carbonyl (C=O) groups excluding carboxylic acids is 1. The highest BCUT2D eigenvalue weighted by molar-refractivity contribution is 7.92. The zero-order valence-electron chi connectivity index (χ0n) is 16.7. The number of aliphatic hydroxyl groups is 1. The Hall–Kier alpha value is -1.97. The molecule has 0 atom stereocenters. The average Bonchev–Trinajstić information content (AvgIpc) is 3.47. The molecule has 5 rings (SSSR count). The van der Waals surface area contributed by atoms with Crippen molar-refractivity contribution in [2.45, 2.75) is 74.1 Å². The highest BCUT2D eigenvalue weighted by Crippen LogP contribution is 2.42. The van der Waals surface area contributed by atoms with Gasteiger partial charge in [0.1, 0.15) is 5.60 Å². The van der Waals surface area contributed by atoms with Gasteiger partial charge in [0.2, 0.25) is 4.34 Å². The van der Waals surface area contributed by atoms with Crippen molar-refractivity contribution >= 4 is 33.1 Å². The van der Waals surface area contributed by atoms with Gasteiger partial charge in [0.15, 0.2) is 0 Å². The number of hydrogen-bond donors (Lipinski definition) is 3. The molecule has 160 valence electrons. The van der Waals surface area contributed by atoms with E-state index in [1.165, 1.54) is 17.3 Å². The topological polar surface area (TPSA) is 108 Å². The first kappa shape index (κ1) is 20.0. The Morgan fingerprint density at radius 2 is 1.67 bits per heavy atom. The lowest BCUT2D eigenvalue weighted by Gasteiger charge is -2.19. The zero-order chi connectivity index (χ0) is 20.9. The van der Waals surface area contributed by atoms with Gasteiger partial charge >= 0.3 is 6.03 Å². The van der Waals surface area contributed by atoms with E-state index < -0.39 is 21.7 Å². The maximum atomic E-state index is 12.7. The van der Waals surface area contributed by atoms with Crippen molar-refractivity contribution < 1.29 is 18.3 Å². The molecule has 3 aliphatic carbocycles. The molecule has 1 aromatic heterocycles. The Morgan fingerprint density at radius 1 is 1.03 bits per heavy atom. The summed E-state index contributed by atoms with van der Waals surface area (Å²) in [7, 11) is -4.11.